The molecule has 2 N–H and O–H groups in total. The van der Waals surface area contributed by atoms with Crippen LogP contribution in [0.1, 0.15) is 51.5 Å². The number of ether oxygens (including phenoxy) is 1. The van der Waals surface area contributed by atoms with Gasteiger partial charge >= 0.3 is 0 Å². The summed E-state index contributed by atoms with van der Waals surface area (Å²) < 4.78 is 6.89. The smallest absolute Gasteiger partial charge is 0.0731 e. The van der Waals surface area contributed by atoms with E-state index in [-0.39, 0.29) is 0 Å². The van der Waals surface area contributed by atoms with E-state index < -0.39 is 0 Å². The van der Waals surface area contributed by atoms with Crippen molar-refractivity contribution < 1.29 is 4.74 Å². The lowest BCUT2D eigenvalue weighted by atomic mass is 10.1. The highest BCUT2D eigenvalue weighted by Crippen LogP contribution is 2.21. The SMILES string of the molecule is CCCCCCC(C)OCc1ccc(N)cc1Br. The number of nitrogens with two attached hydrogens (primary N) is 1. The van der Waals surface area contributed by atoms with Gasteiger partial charge < -0.3 is 10.5 Å². The zero-order valence-electron chi connectivity index (χ0n) is 11.4. The van der Waals surface area contributed by atoms with Crippen molar-refractivity contribution >= 4 is 21.6 Å². The highest BCUT2D eigenvalue weighted by atomic mass is 79.9. The van der Waals surface area contributed by atoms with Gasteiger partial charge in [0.05, 0.1) is 12.7 Å². The topological polar surface area (TPSA) is 35.2 Å². The van der Waals surface area contributed by atoms with Crippen LogP contribution in [0.4, 0.5) is 5.69 Å². The van der Waals surface area contributed by atoms with Gasteiger partial charge in [0, 0.05) is 10.2 Å². The summed E-state index contributed by atoms with van der Waals surface area (Å²) in [5, 5.41) is 0. The van der Waals surface area contributed by atoms with Crippen molar-refractivity contribution in [1.29, 1.82) is 0 Å². The van der Waals surface area contributed by atoms with Crippen LogP contribution < -0.4 is 5.73 Å². The van der Waals surface area contributed by atoms with Crippen LogP contribution in [0.3, 0.4) is 0 Å². The Morgan fingerprint density at radius 2 is 2.06 bits per heavy atom. The fraction of sp³-hybridized carbons (Fsp3) is 0.600. The predicted molar refractivity (Wildman–Crippen MR) is 81.6 cm³/mol. The summed E-state index contributed by atoms with van der Waals surface area (Å²) in [6.07, 6.45) is 6.66. The second-order valence-electron chi connectivity index (χ2n) is 4.82. The molecule has 0 radical (unpaired) electrons. The van der Waals surface area contributed by atoms with Gasteiger partial charge in [-0.15, -0.1) is 0 Å². The molecule has 0 heterocycles. The Morgan fingerprint density at radius 3 is 2.72 bits per heavy atom. The molecule has 0 aliphatic heterocycles. The first kappa shape index (κ1) is 15.5. The van der Waals surface area contributed by atoms with Crippen molar-refractivity contribution in [3.63, 3.8) is 0 Å². The minimum Gasteiger partial charge on any atom is -0.399 e. The lowest BCUT2D eigenvalue weighted by Gasteiger charge is -2.14. The number of halogens is 1. The van der Waals surface area contributed by atoms with Crippen LogP contribution >= 0.6 is 15.9 Å². The highest BCUT2D eigenvalue weighted by molar-refractivity contribution is 9.10. The fourth-order valence-electron chi connectivity index (χ4n) is 1.85. The molecule has 0 saturated carbocycles. The summed E-state index contributed by atoms with van der Waals surface area (Å²) in [7, 11) is 0. The van der Waals surface area contributed by atoms with E-state index >= 15 is 0 Å². The van der Waals surface area contributed by atoms with Gasteiger partial charge in [-0.2, -0.15) is 0 Å². The lowest BCUT2D eigenvalue weighted by Crippen LogP contribution is -2.08. The molecule has 1 aromatic rings. The summed E-state index contributed by atoms with van der Waals surface area (Å²) in [4.78, 5) is 0. The van der Waals surface area contributed by atoms with Crippen molar-refractivity contribution in [2.24, 2.45) is 0 Å². The minimum absolute atomic E-state index is 0.325. The largest absolute Gasteiger partial charge is 0.399 e. The molecular weight excluding hydrogens is 290 g/mol. The molecule has 0 aliphatic carbocycles. The van der Waals surface area contributed by atoms with Crippen molar-refractivity contribution in [1.82, 2.24) is 0 Å². The van der Waals surface area contributed by atoms with E-state index in [1.807, 2.05) is 18.2 Å². The molecule has 0 aliphatic rings. The summed E-state index contributed by atoms with van der Waals surface area (Å²) >= 11 is 3.51. The van der Waals surface area contributed by atoms with E-state index in [0.29, 0.717) is 12.7 Å². The average molecular weight is 314 g/mol. The first-order chi connectivity index (χ1) is 8.63. The molecule has 0 bridgehead atoms. The van der Waals surface area contributed by atoms with E-state index in [9.17, 15) is 0 Å². The molecule has 1 rings (SSSR count). The van der Waals surface area contributed by atoms with Crippen molar-refractivity contribution in [3.8, 4) is 0 Å². The minimum atomic E-state index is 0.325. The van der Waals surface area contributed by atoms with E-state index in [4.69, 9.17) is 10.5 Å². The molecule has 3 heteroatoms. The van der Waals surface area contributed by atoms with Crippen LogP contribution in [-0.2, 0) is 11.3 Å². The molecule has 0 spiro atoms. The van der Waals surface area contributed by atoms with Gasteiger partial charge in [0.2, 0.25) is 0 Å². The van der Waals surface area contributed by atoms with Gasteiger partial charge in [-0.1, -0.05) is 54.6 Å². The maximum absolute atomic E-state index is 5.86. The Morgan fingerprint density at radius 1 is 1.28 bits per heavy atom. The van der Waals surface area contributed by atoms with Gasteiger partial charge in [-0.3, -0.25) is 0 Å². The molecule has 1 aromatic carbocycles. The van der Waals surface area contributed by atoms with Crippen LogP contribution in [0.2, 0.25) is 0 Å². The Bertz CT molecular complexity index is 354. The third-order valence-corrected chi connectivity index (χ3v) is 3.80. The number of hydrogen-bond donors (Lipinski definition) is 1. The molecule has 1 unspecified atom stereocenters. The number of hydrogen-bond acceptors (Lipinski definition) is 2. The lowest BCUT2D eigenvalue weighted by molar-refractivity contribution is 0.0456. The van der Waals surface area contributed by atoms with Gasteiger partial charge in [0.15, 0.2) is 0 Å². The van der Waals surface area contributed by atoms with Gasteiger partial charge in [-0.05, 0) is 31.0 Å². The summed E-state index contributed by atoms with van der Waals surface area (Å²) in [5.74, 6) is 0. The maximum Gasteiger partial charge on any atom is 0.0731 e. The van der Waals surface area contributed by atoms with Crippen LogP contribution in [0.5, 0.6) is 0 Å². The number of rotatable bonds is 8. The average Bonchev–Trinajstić information content (AvgIpc) is 2.33. The number of unbranched alkanes of at least 4 members (excludes halogenated alkanes) is 3. The Labute approximate surface area is 119 Å². The van der Waals surface area contributed by atoms with Crippen LogP contribution in [0.15, 0.2) is 22.7 Å². The van der Waals surface area contributed by atoms with Crippen LogP contribution in [-0.4, -0.2) is 6.10 Å². The Kier molecular flexibility index (Phi) is 7.36. The van der Waals surface area contributed by atoms with Gasteiger partial charge in [0.1, 0.15) is 0 Å². The first-order valence-corrected chi connectivity index (χ1v) is 7.58. The normalized spacial score (nSPS) is 12.6. The summed E-state index contributed by atoms with van der Waals surface area (Å²) in [6, 6.07) is 5.85. The quantitative estimate of drug-likeness (QED) is 0.547. The maximum atomic E-state index is 5.86. The van der Waals surface area contributed by atoms with Crippen LogP contribution in [0, 0.1) is 0 Å². The fourth-order valence-corrected chi connectivity index (χ4v) is 2.37. The predicted octanol–water partition coefficient (Wildman–Crippen LogP) is 4.91. The first-order valence-electron chi connectivity index (χ1n) is 6.79. The molecule has 0 fully saturated rings. The Hall–Kier alpha value is -0.540. The van der Waals surface area contributed by atoms with E-state index in [1.54, 1.807) is 0 Å². The molecule has 18 heavy (non-hydrogen) atoms. The summed E-state index contributed by atoms with van der Waals surface area (Å²) in [6.45, 7) is 5.03. The third kappa shape index (κ3) is 5.87. The highest BCUT2D eigenvalue weighted by Gasteiger charge is 2.05. The molecule has 0 saturated heterocycles. The van der Waals surface area contributed by atoms with Gasteiger partial charge in [-0.25, -0.2) is 0 Å². The standard InChI is InChI=1S/C15H24BrNO/c1-3-4-5-6-7-12(2)18-11-13-8-9-14(17)10-15(13)16/h8-10,12H,3-7,11,17H2,1-2H3. The van der Waals surface area contributed by atoms with Crippen LogP contribution in [0.25, 0.3) is 0 Å². The molecule has 0 aromatic heterocycles. The van der Waals surface area contributed by atoms with E-state index in [2.05, 4.69) is 29.8 Å². The molecule has 0 amide bonds. The molecule has 2 nitrogen and oxygen atoms in total. The number of benzene rings is 1. The second-order valence-corrected chi connectivity index (χ2v) is 5.68. The van der Waals surface area contributed by atoms with Crippen molar-refractivity contribution in [3.05, 3.63) is 28.2 Å². The third-order valence-electron chi connectivity index (χ3n) is 3.06. The molecule has 102 valence electrons. The zero-order valence-corrected chi connectivity index (χ0v) is 13.0. The zero-order chi connectivity index (χ0) is 13.4. The second kappa shape index (κ2) is 8.54. The van der Waals surface area contributed by atoms with E-state index in [0.717, 1.165) is 22.1 Å². The van der Waals surface area contributed by atoms with Crippen molar-refractivity contribution in [2.75, 3.05) is 5.73 Å². The number of anilines is 1. The number of nitrogen functional groups attached to an aromatic ring is 1. The molecular formula is C15H24BrNO. The Balaban J connectivity index is 2.27. The monoisotopic (exact) mass is 313 g/mol. The van der Waals surface area contributed by atoms with Crippen molar-refractivity contribution in [2.45, 2.75) is 58.7 Å². The van der Waals surface area contributed by atoms with Gasteiger partial charge in [0.25, 0.3) is 0 Å². The van der Waals surface area contributed by atoms with E-state index in [1.165, 1.54) is 25.7 Å². The molecule has 1 atom stereocenters. The summed E-state index contributed by atoms with van der Waals surface area (Å²) in [5.41, 5.74) is 7.64.